The highest BCUT2D eigenvalue weighted by molar-refractivity contribution is 6.30. The molecule has 0 atom stereocenters. The molecule has 4 heteroatoms. The molecule has 0 heterocycles. The van der Waals surface area contributed by atoms with Gasteiger partial charge >= 0.3 is 5.97 Å². The molecule has 0 aliphatic rings. The Balaban J connectivity index is 1.64. The average molecular weight is 363 g/mol. The molecule has 3 rings (SSSR count). The molecule has 26 heavy (non-hydrogen) atoms. The van der Waals surface area contributed by atoms with E-state index in [2.05, 4.69) is 0 Å². The Morgan fingerprint density at radius 1 is 0.769 bits per heavy atom. The molecular formula is C22H15ClO3. The number of rotatable bonds is 5. The van der Waals surface area contributed by atoms with Crippen molar-refractivity contribution in [1.29, 1.82) is 0 Å². The van der Waals surface area contributed by atoms with Crippen LogP contribution in [-0.4, -0.2) is 11.8 Å². The highest BCUT2D eigenvalue weighted by Gasteiger charge is 2.09. The van der Waals surface area contributed by atoms with Gasteiger partial charge in [-0.25, -0.2) is 4.79 Å². The van der Waals surface area contributed by atoms with Crippen LogP contribution in [0.5, 0.6) is 5.75 Å². The molecule has 0 saturated heterocycles. The van der Waals surface area contributed by atoms with E-state index in [4.69, 9.17) is 16.3 Å². The van der Waals surface area contributed by atoms with Crippen LogP contribution in [0.15, 0.2) is 84.9 Å². The molecule has 0 spiro atoms. The molecular weight excluding hydrogens is 348 g/mol. The van der Waals surface area contributed by atoms with Crippen LogP contribution in [0.2, 0.25) is 5.02 Å². The number of ketones is 1. The Morgan fingerprint density at radius 2 is 1.38 bits per heavy atom. The molecule has 0 aliphatic heterocycles. The lowest BCUT2D eigenvalue weighted by Crippen LogP contribution is -2.08. The van der Waals surface area contributed by atoms with Gasteiger partial charge in [0.25, 0.3) is 0 Å². The maximum atomic E-state index is 12.2. The summed E-state index contributed by atoms with van der Waals surface area (Å²) in [5.41, 5.74) is 1.87. The van der Waals surface area contributed by atoms with Gasteiger partial charge in [0, 0.05) is 10.6 Å². The van der Waals surface area contributed by atoms with Gasteiger partial charge in [0.05, 0.1) is 5.56 Å². The summed E-state index contributed by atoms with van der Waals surface area (Å²) in [6, 6.07) is 22.5. The van der Waals surface area contributed by atoms with Crippen molar-refractivity contribution < 1.29 is 14.3 Å². The zero-order valence-corrected chi connectivity index (χ0v) is 14.5. The number of hydrogen-bond acceptors (Lipinski definition) is 3. The van der Waals surface area contributed by atoms with Gasteiger partial charge in [-0.15, -0.1) is 0 Å². The fourth-order valence-corrected chi connectivity index (χ4v) is 2.40. The van der Waals surface area contributed by atoms with Crippen molar-refractivity contribution in [3.05, 3.63) is 107 Å². The fraction of sp³-hybridized carbons (Fsp3) is 0. The van der Waals surface area contributed by atoms with E-state index < -0.39 is 5.97 Å². The normalized spacial score (nSPS) is 10.7. The van der Waals surface area contributed by atoms with Crippen LogP contribution < -0.4 is 4.74 Å². The number of ether oxygens (including phenoxy) is 1. The molecule has 0 unspecified atom stereocenters. The number of carbonyl (C=O) groups is 2. The largest absolute Gasteiger partial charge is 0.423 e. The minimum Gasteiger partial charge on any atom is -0.423 e. The van der Waals surface area contributed by atoms with Gasteiger partial charge in [-0.1, -0.05) is 48.0 Å². The highest BCUT2D eigenvalue weighted by Crippen LogP contribution is 2.16. The van der Waals surface area contributed by atoms with Crippen LogP contribution in [0.25, 0.3) is 6.08 Å². The molecule has 0 fully saturated rings. The lowest BCUT2D eigenvalue weighted by Gasteiger charge is -2.05. The monoisotopic (exact) mass is 362 g/mol. The SMILES string of the molecule is O=C(C=Cc1ccccc1)c1ccc(OC(=O)c2ccc(Cl)cc2)cc1. The first-order valence-corrected chi connectivity index (χ1v) is 8.35. The van der Waals surface area contributed by atoms with E-state index in [1.807, 2.05) is 30.3 Å². The summed E-state index contributed by atoms with van der Waals surface area (Å²) in [6.07, 6.45) is 3.28. The first-order chi connectivity index (χ1) is 12.6. The quantitative estimate of drug-likeness (QED) is 0.262. The van der Waals surface area contributed by atoms with Gasteiger partial charge in [-0.05, 0) is 60.2 Å². The number of halogens is 1. The average Bonchev–Trinajstić information content (AvgIpc) is 2.68. The van der Waals surface area contributed by atoms with Crippen molar-refractivity contribution >= 4 is 29.4 Å². The van der Waals surface area contributed by atoms with Gasteiger partial charge in [0.1, 0.15) is 5.75 Å². The van der Waals surface area contributed by atoms with Crippen LogP contribution >= 0.6 is 11.6 Å². The smallest absolute Gasteiger partial charge is 0.343 e. The van der Waals surface area contributed by atoms with Crippen molar-refractivity contribution in [3.63, 3.8) is 0 Å². The molecule has 0 saturated carbocycles. The molecule has 3 nitrogen and oxygen atoms in total. The van der Waals surface area contributed by atoms with E-state index in [0.29, 0.717) is 21.9 Å². The molecule has 0 aromatic heterocycles. The van der Waals surface area contributed by atoms with E-state index in [-0.39, 0.29) is 5.78 Å². The maximum Gasteiger partial charge on any atom is 0.343 e. The molecule has 3 aromatic rings. The third kappa shape index (κ3) is 4.68. The van der Waals surface area contributed by atoms with Crippen molar-refractivity contribution in [3.8, 4) is 5.75 Å². The Morgan fingerprint density at radius 3 is 2.04 bits per heavy atom. The Labute approximate surface area is 156 Å². The van der Waals surface area contributed by atoms with Crippen LogP contribution in [0.1, 0.15) is 26.3 Å². The van der Waals surface area contributed by atoms with Crippen LogP contribution in [0.4, 0.5) is 0 Å². The number of allylic oxidation sites excluding steroid dienone is 1. The maximum absolute atomic E-state index is 12.2. The third-order valence-corrected chi connectivity index (χ3v) is 3.91. The molecule has 3 aromatic carbocycles. The van der Waals surface area contributed by atoms with E-state index >= 15 is 0 Å². The number of benzene rings is 3. The Bertz CT molecular complexity index is 927. The minimum atomic E-state index is -0.482. The Kier molecular flexibility index (Phi) is 5.62. The minimum absolute atomic E-state index is 0.121. The molecule has 0 N–H and O–H groups in total. The molecule has 0 aliphatic carbocycles. The predicted octanol–water partition coefficient (Wildman–Crippen LogP) is 5.46. The van der Waals surface area contributed by atoms with Crippen molar-refractivity contribution in [1.82, 2.24) is 0 Å². The zero-order valence-electron chi connectivity index (χ0n) is 13.8. The lowest BCUT2D eigenvalue weighted by molar-refractivity contribution is 0.0734. The summed E-state index contributed by atoms with van der Waals surface area (Å²) >= 11 is 5.80. The molecule has 0 bridgehead atoms. The van der Waals surface area contributed by atoms with Gasteiger partial charge < -0.3 is 4.74 Å². The molecule has 0 radical (unpaired) electrons. The summed E-state index contributed by atoms with van der Waals surface area (Å²) < 4.78 is 5.29. The molecule has 0 amide bonds. The summed E-state index contributed by atoms with van der Waals surface area (Å²) in [7, 11) is 0. The standard InChI is InChI=1S/C22H15ClO3/c23-19-11-7-18(8-12-19)22(25)26-20-13-9-17(10-14-20)21(24)15-6-16-4-2-1-3-5-16/h1-15H. The first kappa shape index (κ1) is 17.6. The first-order valence-electron chi connectivity index (χ1n) is 7.97. The third-order valence-electron chi connectivity index (χ3n) is 3.66. The second kappa shape index (κ2) is 8.28. The summed E-state index contributed by atoms with van der Waals surface area (Å²) in [5, 5.41) is 0.549. The summed E-state index contributed by atoms with van der Waals surface area (Å²) in [4.78, 5) is 24.3. The highest BCUT2D eigenvalue weighted by atomic mass is 35.5. The van der Waals surface area contributed by atoms with E-state index in [1.165, 1.54) is 6.08 Å². The zero-order chi connectivity index (χ0) is 18.4. The van der Waals surface area contributed by atoms with Crippen molar-refractivity contribution in [2.75, 3.05) is 0 Å². The van der Waals surface area contributed by atoms with Crippen LogP contribution in [0.3, 0.4) is 0 Å². The van der Waals surface area contributed by atoms with E-state index in [0.717, 1.165) is 5.56 Å². The number of esters is 1. The summed E-state index contributed by atoms with van der Waals surface area (Å²) in [5.74, 6) is -0.234. The molecule has 128 valence electrons. The number of hydrogen-bond donors (Lipinski definition) is 0. The second-order valence-electron chi connectivity index (χ2n) is 5.53. The van der Waals surface area contributed by atoms with Gasteiger partial charge in [-0.2, -0.15) is 0 Å². The lowest BCUT2D eigenvalue weighted by atomic mass is 10.1. The van der Waals surface area contributed by atoms with Crippen LogP contribution in [-0.2, 0) is 0 Å². The predicted molar refractivity (Wildman–Crippen MR) is 103 cm³/mol. The fourth-order valence-electron chi connectivity index (χ4n) is 2.27. The van der Waals surface area contributed by atoms with E-state index in [1.54, 1.807) is 54.6 Å². The Hall–Kier alpha value is -3.17. The van der Waals surface area contributed by atoms with Crippen molar-refractivity contribution in [2.24, 2.45) is 0 Å². The van der Waals surface area contributed by atoms with Crippen LogP contribution in [0, 0.1) is 0 Å². The number of carbonyl (C=O) groups excluding carboxylic acids is 2. The van der Waals surface area contributed by atoms with E-state index in [9.17, 15) is 9.59 Å². The van der Waals surface area contributed by atoms with Gasteiger partial charge in [0.15, 0.2) is 5.78 Å². The van der Waals surface area contributed by atoms with Gasteiger partial charge in [-0.3, -0.25) is 4.79 Å². The topological polar surface area (TPSA) is 43.4 Å². The summed E-state index contributed by atoms with van der Waals surface area (Å²) in [6.45, 7) is 0. The van der Waals surface area contributed by atoms with Gasteiger partial charge in [0.2, 0.25) is 0 Å². The second-order valence-corrected chi connectivity index (χ2v) is 5.97. The van der Waals surface area contributed by atoms with Crippen molar-refractivity contribution in [2.45, 2.75) is 0 Å².